The minimum atomic E-state index is -0.544. The van der Waals surface area contributed by atoms with Gasteiger partial charge in [-0.1, -0.05) is 17.7 Å². The maximum atomic E-state index is 13.0. The summed E-state index contributed by atoms with van der Waals surface area (Å²) in [4.78, 5) is 24.4. The van der Waals surface area contributed by atoms with Crippen molar-refractivity contribution in [2.45, 2.75) is 11.5 Å². The number of amides is 1. The molecule has 0 spiro atoms. The number of anilines is 1. The van der Waals surface area contributed by atoms with E-state index >= 15 is 0 Å². The van der Waals surface area contributed by atoms with Gasteiger partial charge in [0, 0.05) is 10.5 Å². The van der Waals surface area contributed by atoms with E-state index in [-0.39, 0.29) is 17.5 Å². The lowest BCUT2D eigenvalue weighted by Gasteiger charge is -2.16. The zero-order chi connectivity index (χ0) is 16.4. The average molecular weight is 352 g/mol. The number of carbonyl (C=O) groups is 2. The normalized spacial score (nSPS) is 13.2. The molecule has 1 heterocycles. The van der Waals surface area contributed by atoms with Gasteiger partial charge < -0.3 is 10.1 Å². The Morgan fingerprint density at radius 2 is 2.13 bits per heavy atom. The molecule has 118 valence electrons. The summed E-state index contributed by atoms with van der Waals surface area (Å²) >= 11 is 7.30. The third-order valence-electron chi connectivity index (χ3n) is 3.22. The number of benzene rings is 2. The second kappa shape index (κ2) is 6.60. The molecule has 0 saturated heterocycles. The SMILES string of the molecule is O=C1CSc2ccc(C(=O)OCc3ccc(F)cc3Cl)cc2N1. The molecule has 0 fully saturated rings. The van der Waals surface area contributed by atoms with E-state index in [1.54, 1.807) is 18.2 Å². The van der Waals surface area contributed by atoms with Crippen LogP contribution >= 0.6 is 23.4 Å². The molecule has 0 unspecified atom stereocenters. The molecule has 0 radical (unpaired) electrons. The molecule has 0 aromatic heterocycles. The number of hydrogen-bond acceptors (Lipinski definition) is 4. The van der Waals surface area contributed by atoms with Crippen molar-refractivity contribution in [1.29, 1.82) is 0 Å². The number of halogens is 2. The van der Waals surface area contributed by atoms with Gasteiger partial charge in [-0.2, -0.15) is 0 Å². The Morgan fingerprint density at radius 1 is 1.30 bits per heavy atom. The Labute approximate surface area is 141 Å². The van der Waals surface area contributed by atoms with Gasteiger partial charge in [-0.15, -0.1) is 11.8 Å². The van der Waals surface area contributed by atoms with E-state index in [1.165, 1.54) is 23.9 Å². The standard InChI is InChI=1S/C16H11ClFNO3S/c17-12-6-11(18)3-1-10(12)7-22-16(21)9-2-4-14-13(5-9)19-15(20)8-23-14/h1-6H,7-8H2,(H,19,20). The van der Waals surface area contributed by atoms with Crippen molar-refractivity contribution >= 4 is 40.9 Å². The number of esters is 1. The van der Waals surface area contributed by atoms with Crippen LogP contribution in [0.1, 0.15) is 15.9 Å². The average Bonchev–Trinajstić information content (AvgIpc) is 2.53. The topological polar surface area (TPSA) is 55.4 Å². The van der Waals surface area contributed by atoms with Gasteiger partial charge >= 0.3 is 5.97 Å². The van der Waals surface area contributed by atoms with Gasteiger partial charge in [-0.3, -0.25) is 4.79 Å². The van der Waals surface area contributed by atoms with Crippen molar-refractivity contribution < 1.29 is 18.7 Å². The fourth-order valence-corrected chi connectivity index (χ4v) is 3.09. The fourth-order valence-electron chi connectivity index (χ4n) is 2.08. The summed E-state index contributed by atoms with van der Waals surface area (Å²) in [6.07, 6.45) is 0. The molecule has 1 N–H and O–H groups in total. The van der Waals surface area contributed by atoms with E-state index in [0.717, 1.165) is 11.0 Å². The van der Waals surface area contributed by atoms with Crippen LogP contribution in [0.3, 0.4) is 0 Å². The van der Waals surface area contributed by atoms with Crippen molar-refractivity contribution in [3.05, 3.63) is 58.4 Å². The lowest BCUT2D eigenvalue weighted by atomic mass is 10.2. The van der Waals surface area contributed by atoms with Gasteiger partial charge in [0.2, 0.25) is 5.91 Å². The predicted octanol–water partition coefficient (Wildman–Crippen LogP) is 3.88. The molecule has 0 atom stereocenters. The number of ether oxygens (including phenoxy) is 1. The highest BCUT2D eigenvalue weighted by atomic mass is 35.5. The Morgan fingerprint density at radius 3 is 2.91 bits per heavy atom. The van der Waals surface area contributed by atoms with Gasteiger partial charge in [-0.05, 0) is 30.3 Å². The molecular weight excluding hydrogens is 341 g/mol. The summed E-state index contributed by atoms with van der Waals surface area (Å²) in [6.45, 7) is -0.0594. The van der Waals surface area contributed by atoms with E-state index in [9.17, 15) is 14.0 Å². The third-order valence-corrected chi connectivity index (χ3v) is 4.65. The van der Waals surface area contributed by atoms with Crippen LogP contribution in [0.15, 0.2) is 41.3 Å². The minimum Gasteiger partial charge on any atom is -0.457 e. The van der Waals surface area contributed by atoms with Crippen molar-refractivity contribution in [2.75, 3.05) is 11.1 Å². The van der Waals surface area contributed by atoms with Crippen LogP contribution in [0, 0.1) is 5.82 Å². The molecule has 2 aromatic rings. The first-order valence-electron chi connectivity index (χ1n) is 6.70. The summed E-state index contributed by atoms with van der Waals surface area (Å²) in [5, 5.41) is 2.91. The van der Waals surface area contributed by atoms with Crippen LogP contribution in [-0.2, 0) is 16.1 Å². The smallest absolute Gasteiger partial charge is 0.338 e. The second-order valence-electron chi connectivity index (χ2n) is 4.86. The lowest BCUT2D eigenvalue weighted by Crippen LogP contribution is -2.19. The summed E-state index contributed by atoms with van der Waals surface area (Å²) in [5.41, 5.74) is 1.44. The van der Waals surface area contributed by atoms with Crippen molar-refractivity contribution in [3.63, 3.8) is 0 Å². The zero-order valence-corrected chi connectivity index (χ0v) is 13.3. The van der Waals surface area contributed by atoms with E-state index < -0.39 is 11.8 Å². The summed E-state index contributed by atoms with van der Waals surface area (Å²) in [7, 11) is 0. The molecule has 1 aliphatic heterocycles. The van der Waals surface area contributed by atoms with Gasteiger partial charge in [0.1, 0.15) is 12.4 Å². The van der Waals surface area contributed by atoms with Gasteiger partial charge in [0.15, 0.2) is 0 Å². The van der Waals surface area contributed by atoms with Gasteiger partial charge in [0.25, 0.3) is 0 Å². The molecule has 4 nitrogen and oxygen atoms in total. The third kappa shape index (κ3) is 3.65. The molecule has 7 heteroatoms. The second-order valence-corrected chi connectivity index (χ2v) is 6.28. The Balaban J connectivity index is 1.71. The highest BCUT2D eigenvalue weighted by molar-refractivity contribution is 8.00. The van der Waals surface area contributed by atoms with Crippen molar-refractivity contribution in [2.24, 2.45) is 0 Å². The highest BCUT2D eigenvalue weighted by Gasteiger charge is 2.18. The van der Waals surface area contributed by atoms with Gasteiger partial charge in [-0.25, -0.2) is 9.18 Å². The molecule has 2 aromatic carbocycles. The van der Waals surface area contributed by atoms with E-state index in [0.29, 0.717) is 22.6 Å². The first-order valence-corrected chi connectivity index (χ1v) is 8.07. The van der Waals surface area contributed by atoms with Crippen LogP contribution in [0.25, 0.3) is 0 Å². The fraction of sp³-hybridized carbons (Fsp3) is 0.125. The van der Waals surface area contributed by atoms with Crippen LogP contribution in [0.2, 0.25) is 5.02 Å². The van der Waals surface area contributed by atoms with Gasteiger partial charge in [0.05, 0.1) is 22.0 Å². The van der Waals surface area contributed by atoms with Crippen LogP contribution in [0.5, 0.6) is 0 Å². The minimum absolute atomic E-state index is 0.0594. The largest absolute Gasteiger partial charge is 0.457 e. The van der Waals surface area contributed by atoms with Crippen LogP contribution in [0.4, 0.5) is 10.1 Å². The maximum Gasteiger partial charge on any atom is 0.338 e. The summed E-state index contributed by atoms with van der Waals surface area (Å²) < 4.78 is 18.2. The summed E-state index contributed by atoms with van der Waals surface area (Å²) in [6, 6.07) is 8.86. The first kappa shape index (κ1) is 15.8. The molecule has 1 aliphatic rings. The number of fused-ring (bicyclic) bond motifs is 1. The monoisotopic (exact) mass is 351 g/mol. The molecule has 0 bridgehead atoms. The maximum absolute atomic E-state index is 13.0. The van der Waals surface area contributed by atoms with Crippen LogP contribution in [-0.4, -0.2) is 17.6 Å². The Bertz CT molecular complexity index is 797. The summed E-state index contributed by atoms with van der Waals surface area (Å²) in [5.74, 6) is -0.739. The zero-order valence-electron chi connectivity index (χ0n) is 11.8. The van der Waals surface area contributed by atoms with E-state index in [1.807, 2.05) is 0 Å². The number of hydrogen-bond donors (Lipinski definition) is 1. The molecule has 0 saturated carbocycles. The quantitative estimate of drug-likeness (QED) is 0.853. The molecule has 23 heavy (non-hydrogen) atoms. The van der Waals surface area contributed by atoms with Crippen molar-refractivity contribution in [1.82, 2.24) is 0 Å². The predicted molar refractivity (Wildman–Crippen MR) is 86.3 cm³/mol. The number of thioether (sulfide) groups is 1. The molecule has 1 amide bonds. The Kier molecular flexibility index (Phi) is 4.54. The first-order chi connectivity index (χ1) is 11.0. The highest BCUT2D eigenvalue weighted by Crippen LogP contribution is 2.32. The molecular formula is C16H11ClFNO3S. The van der Waals surface area contributed by atoms with Crippen molar-refractivity contribution in [3.8, 4) is 0 Å². The Hall–Kier alpha value is -2.05. The van der Waals surface area contributed by atoms with Crippen LogP contribution < -0.4 is 5.32 Å². The number of rotatable bonds is 3. The van der Waals surface area contributed by atoms with E-state index in [2.05, 4.69) is 5.32 Å². The number of nitrogens with one attached hydrogen (secondary N) is 1. The number of carbonyl (C=O) groups excluding carboxylic acids is 2. The molecule has 0 aliphatic carbocycles. The van der Waals surface area contributed by atoms with E-state index in [4.69, 9.17) is 16.3 Å². The lowest BCUT2D eigenvalue weighted by molar-refractivity contribution is -0.113. The molecule has 3 rings (SSSR count).